The topological polar surface area (TPSA) is 71.1 Å². The second kappa shape index (κ2) is 8.33. The van der Waals surface area contributed by atoms with Gasteiger partial charge in [0.2, 0.25) is 5.91 Å². The molecule has 0 unspecified atom stereocenters. The Labute approximate surface area is 166 Å². The molecule has 0 aliphatic carbocycles. The van der Waals surface area contributed by atoms with Crippen molar-refractivity contribution in [3.8, 4) is 0 Å². The summed E-state index contributed by atoms with van der Waals surface area (Å²) < 4.78 is 0. The molecule has 0 atom stereocenters. The van der Waals surface area contributed by atoms with Crippen LogP contribution in [0.1, 0.15) is 27.2 Å². The number of carbonyl (C=O) groups excluding carboxylic acids is 2. The van der Waals surface area contributed by atoms with Gasteiger partial charge in [0.1, 0.15) is 0 Å². The van der Waals surface area contributed by atoms with E-state index in [4.69, 9.17) is 11.6 Å². The normalized spacial score (nSPS) is 10.5. The summed E-state index contributed by atoms with van der Waals surface area (Å²) in [5.41, 5.74) is 4.15. The molecule has 3 rings (SSSR count). The third-order valence-electron chi connectivity index (χ3n) is 4.01. The Balaban J connectivity index is 1.58. The van der Waals surface area contributed by atoms with Crippen LogP contribution in [-0.2, 0) is 11.2 Å². The maximum atomic E-state index is 12.2. The highest BCUT2D eigenvalue weighted by molar-refractivity contribution is 7.14. The summed E-state index contributed by atoms with van der Waals surface area (Å²) in [6.45, 7) is 4.02. The number of aromatic nitrogens is 1. The van der Waals surface area contributed by atoms with E-state index in [0.717, 1.165) is 11.3 Å². The van der Waals surface area contributed by atoms with Gasteiger partial charge in [-0.1, -0.05) is 17.7 Å². The second-order valence-corrected chi connectivity index (χ2v) is 7.42. The summed E-state index contributed by atoms with van der Waals surface area (Å²) in [6.07, 6.45) is 0.139. The molecule has 0 spiro atoms. The minimum Gasteiger partial charge on any atom is -0.326 e. The third kappa shape index (κ3) is 5.15. The predicted molar refractivity (Wildman–Crippen MR) is 110 cm³/mol. The minimum atomic E-state index is -0.271. The number of amides is 2. The Morgan fingerprint density at radius 2 is 1.78 bits per heavy atom. The maximum absolute atomic E-state index is 12.2. The van der Waals surface area contributed by atoms with E-state index in [0.29, 0.717) is 21.4 Å². The van der Waals surface area contributed by atoms with Crippen LogP contribution in [0.25, 0.3) is 0 Å². The molecule has 0 saturated heterocycles. The van der Waals surface area contributed by atoms with Crippen molar-refractivity contribution in [1.82, 2.24) is 4.98 Å². The average Bonchev–Trinajstić information content (AvgIpc) is 3.05. The van der Waals surface area contributed by atoms with Crippen molar-refractivity contribution < 1.29 is 9.59 Å². The lowest BCUT2D eigenvalue weighted by atomic mass is 10.1. The number of nitrogens with one attached hydrogen (secondary N) is 2. The molecule has 0 aliphatic heterocycles. The molecule has 1 heterocycles. The van der Waals surface area contributed by atoms with Crippen molar-refractivity contribution in [3.63, 3.8) is 0 Å². The number of halogens is 1. The molecule has 0 fully saturated rings. The molecule has 0 radical (unpaired) electrons. The van der Waals surface area contributed by atoms with Gasteiger partial charge in [0, 0.05) is 21.7 Å². The molecule has 5 nitrogen and oxygen atoms in total. The zero-order valence-electron chi connectivity index (χ0n) is 14.9. The molecule has 1 aromatic heterocycles. The summed E-state index contributed by atoms with van der Waals surface area (Å²) in [6, 6.07) is 12.4. The Morgan fingerprint density at radius 1 is 1.04 bits per heavy atom. The molecular formula is C20H18ClN3O2S. The summed E-state index contributed by atoms with van der Waals surface area (Å²) in [5, 5.41) is 8.37. The van der Waals surface area contributed by atoms with Gasteiger partial charge in [-0.25, -0.2) is 4.98 Å². The highest BCUT2D eigenvalue weighted by Gasteiger charge is 2.12. The molecule has 0 saturated carbocycles. The number of anilines is 2. The Kier molecular flexibility index (Phi) is 5.88. The van der Waals surface area contributed by atoms with E-state index < -0.39 is 0 Å². The number of hydrogen-bond acceptors (Lipinski definition) is 4. The van der Waals surface area contributed by atoms with E-state index in [1.807, 2.05) is 32.0 Å². The molecule has 0 bridgehead atoms. The lowest BCUT2D eigenvalue weighted by molar-refractivity contribution is -0.115. The molecule has 2 aromatic carbocycles. The molecule has 2 N–H and O–H groups in total. The molecule has 27 heavy (non-hydrogen) atoms. The first-order valence-corrected chi connectivity index (χ1v) is 9.55. The molecule has 2 amide bonds. The fraction of sp³-hybridized carbons (Fsp3) is 0.150. The first-order chi connectivity index (χ1) is 12.9. The van der Waals surface area contributed by atoms with Crippen LogP contribution in [0.5, 0.6) is 0 Å². The fourth-order valence-corrected chi connectivity index (χ4v) is 3.24. The van der Waals surface area contributed by atoms with Gasteiger partial charge in [-0.05, 0) is 61.4 Å². The Bertz CT molecular complexity index is 983. The van der Waals surface area contributed by atoms with Crippen molar-refractivity contribution in [3.05, 3.63) is 75.3 Å². The van der Waals surface area contributed by atoms with Crippen LogP contribution in [0.15, 0.2) is 47.8 Å². The van der Waals surface area contributed by atoms with Gasteiger partial charge in [-0.3, -0.25) is 14.9 Å². The smallest absolute Gasteiger partial charge is 0.257 e. The number of hydrogen-bond donors (Lipinski definition) is 2. The first kappa shape index (κ1) is 19.1. The van der Waals surface area contributed by atoms with Crippen LogP contribution in [0, 0.1) is 13.8 Å². The third-order valence-corrected chi connectivity index (χ3v) is 5.07. The predicted octanol–water partition coefficient (Wildman–Crippen LogP) is 4.85. The number of aryl methyl sites for hydroxylation is 2. The molecule has 3 aromatic rings. The quantitative estimate of drug-likeness (QED) is 0.644. The summed E-state index contributed by atoms with van der Waals surface area (Å²) in [4.78, 5) is 28.7. The zero-order chi connectivity index (χ0) is 19.4. The van der Waals surface area contributed by atoms with Gasteiger partial charge in [0.05, 0.1) is 12.1 Å². The zero-order valence-corrected chi connectivity index (χ0v) is 16.4. The number of thiazole rings is 1. The standard InChI is InChI=1S/C20H18ClN3O2S/c1-12-3-8-16(9-13(12)2)22-18(25)10-17-11-27-20(23-17)24-19(26)14-4-6-15(21)7-5-14/h3-9,11H,10H2,1-2H3,(H,22,25)(H,23,24,26). The number of nitrogens with zero attached hydrogens (tertiary/aromatic N) is 1. The monoisotopic (exact) mass is 399 g/mol. The van der Waals surface area contributed by atoms with Crippen LogP contribution in [-0.4, -0.2) is 16.8 Å². The Hall–Kier alpha value is -2.70. The summed E-state index contributed by atoms with van der Waals surface area (Å²) >= 11 is 7.10. The SMILES string of the molecule is Cc1ccc(NC(=O)Cc2csc(NC(=O)c3ccc(Cl)cc3)n2)cc1C. The van der Waals surface area contributed by atoms with Gasteiger partial charge in [-0.2, -0.15) is 0 Å². The minimum absolute atomic E-state index is 0.139. The molecule has 7 heteroatoms. The van der Waals surface area contributed by atoms with E-state index in [-0.39, 0.29) is 18.2 Å². The van der Waals surface area contributed by atoms with Crippen LogP contribution in [0.4, 0.5) is 10.8 Å². The van der Waals surface area contributed by atoms with Gasteiger partial charge in [-0.15, -0.1) is 11.3 Å². The lowest BCUT2D eigenvalue weighted by Gasteiger charge is -2.07. The van der Waals surface area contributed by atoms with E-state index >= 15 is 0 Å². The maximum Gasteiger partial charge on any atom is 0.257 e. The van der Waals surface area contributed by atoms with E-state index in [9.17, 15) is 9.59 Å². The van der Waals surface area contributed by atoms with Crippen LogP contribution < -0.4 is 10.6 Å². The fourth-order valence-electron chi connectivity index (χ4n) is 2.40. The average molecular weight is 400 g/mol. The van der Waals surface area contributed by atoms with Gasteiger partial charge in [0.15, 0.2) is 5.13 Å². The van der Waals surface area contributed by atoms with Gasteiger partial charge >= 0.3 is 0 Å². The van der Waals surface area contributed by atoms with Crippen molar-refractivity contribution in [2.75, 3.05) is 10.6 Å². The van der Waals surface area contributed by atoms with E-state index in [2.05, 4.69) is 15.6 Å². The van der Waals surface area contributed by atoms with Gasteiger partial charge < -0.3 is 5.32 Å². The van der Waals surface area contributed by atoms with Crippen molar-refractivity contribution >= 4 is 45.6 Å². The summed E-state index contributed by atoms with van der Waals surface area (Å²) in [7, 11) is 0. The largest absolute Gasteiger partial charge is 0.326 e. The molecular weight excluding hydrogens is 382 g/mol. The number of carbonyl (C=O) groups is 2. The van der Waals surface area contributed by atoms with Crippen LogP contribution in [0.3, 0.4) is 0 Å². The number of benzene rings is 2. The highest BCUT2D eigenvalue weighted by atomic mass is 35.5. The summed E-state index contributed by atoms with van der Waals surface area (Å²) in [5.74, 6) is -0.425. The lowest BCUT2D eigenvalue weighted by Crippen LogP contribution is -2.15. The van der Waals surface area contributed by atoms with Crippen LogP contribution in [0.2, 0.25) is 5.02 Å². The first-order valence-electron chi connectivity index (χ1n) is 8.29. The van der Waals surface area contributed by atoms with E-state index in [1.54, 1.807) is 29.6 Å². The highest BCUT2D eigenvalue weighted by Crippen LogP contribution is 2.19. The van der Waals surface area contributed by atoms with Crippen molar-refractivity contribution in [1.29, 1.82) is 0 Å². The van der Waals surface area contributed by atoms with Crippen molar-refractivity contribution in [2.45, 2.75) is 20.3 Å². The van der Waals surface area contributed by atoms with E-state index in [1.165, 1.54) is 16.9 Å². The number of rotatable bonds is 5. The van der Waals surface area contributed by atoms with Crippen LogP contribution >= 0.6 is 22.9 Å². The van der Waals surface area contributed by atoms with Crippen molar-refractivity contribution in [2.24, 2.45) is 0 Å². The van der Waals surface area contributed by atoms with Gasteiger partial charge in [0.25, 0.3) is 5.91 Å². The molecule has 0 aliphatic rings. The Morgan fingerprint density at radius 3 is 2.48 bits per heavy atom. The molecule has 138 valence electrons. The second-order valence-electron chi connectivity index (χ2n) is 6.13.